The number of ether oxygens (including phenoxy) is 1. The van der Waals surface area contributed by atoms with Crippen molar-refractivity contribution in [2.24, 2.45) is 0 Å². The summed E-state index contributed by atoms with van der Waals surface area (Å²) in [6.45, 7) is 0.734. The molecule has 2 aromatic rings. The number of rotatable bonds is 3. The topological polar surface area (TPSA) is 29.5 Å². The van der Waals surface area contributed by atoms with Crippen molar-refractivity contribution in [3.63, 3.8) is 0 Å². The number of aliphatic hydroxyl groups is 1. The number of benzene rings is 2. The first-order valence-electron chi connectivity index (χ1n) is 7.29. The number of hydrogen-bond acceptors (Lipinski definition) is 2. The lowest BCUT2D eigenvalue weighted by molar-refractivity contribution is 0.129. The summed E-state index contributed by atoms with van der Waals surface area (Å²) in [5.74, 6) is 0.919. The third kappa shape index (κ3) is 1.68. The molecule has 0 radical (unpaired) electrons. The average Bonchev–Trinajstić information content (AvgIpc) is 3.18. The highest BCUT2D eigenvalue weighted by atomic mass is 16.5. The zero-order valence-corrected chi connectivity index (χ0v) is 11.4. The molecule has 2 aromatic carbocycles. The van der Waals surface area contributed by atoms with Crippen LogP contribution in [0.15, 0.2) is 48.5 Å². The van der Waals surface area contributed by atoms with E-state index in [9.17, 15) is 5.11 Å². The van der Waals surface area contributed by atoms with E-state index in [-0.39, 0.29) is 5.41 Å². The van der Waals surface area contributed by atoms with E-state index in [1.165, 1.54) is 11.1 Å². The maximum Gasteiger partial charge on any atom is 0.128 e. The van der Waals surface area contributed by atoms with E-state index in [4.69, 9.17) is 4.74 Å². The van der Waals surface area contributed by atoms with Gasteiger partial charge in [0.05, 0.1) is 12.7 Å². The molecule has 0 saturated heterocycles. The molecule has 4 rings (SSSR count). The molecule has 102 valence electrons. The molecule has 2 heteroatoms. The van der Waals surface area contributed by atoms with Gasteiger partial charge in [-0.25, -0.2) is 0 Å². The van der Waals surface area contributed by atoms with Gasteiger partial charge in [0.15, 0.2) is 0 Å². The summed E-state index contributed by atoms with van der Waals surface area (Å²) in [5, 5.41) is 10.9. The summed E-state index contributed by atoms with van der Waals surface area (Å²) >= 11 is 0. The van der Waals surface area contributed by atoms with Gasteiger partial charge in [-0.05, 0) is 24.0 Å². The maximum atomic E-state index is 10.9. The van der Waals surface area contributed by atoms with Gasteiger partial charge in [-0.3, -0.25) is 0 Å². The Morgan fingerprint density at radius 2 is 1.80 bits per heavy atom. The van der Waals surface area contributed by atoms with Crippen molar-refractivity contribution in [3.05, 3.63) is 65.2 Å². The van der Waals surface area contributed by atoms with Crippen molar-refractivity contribution >= 4 is 0 Å². The van der Waals surface area contributed by atoms with Crippen LogP contribution in [0.25, 0.3) is 0 Å². The number of aliphatic hydroxyl groups excluding tert-OH is 1. The predicted octanol–water partition coefficient (Wildman–Crippen LogP) is 3.39. The second-order valence-corrected chi connectivity index (χ2v) is 5.86. The zero-order chi connectivity index (χ0) is 13.6. The molecule has 20 heavy (non-hydrogen) atoms. The van der Waals surface area contributed by atoms with Crippen molar-refractivity contribution < 1.29 is 9.84 Å². The molecular formula is C18H18O2. The fourth-order valence-electron chi connectivity index (χ4n) is 3.38. The lowest BCUT2D eigenvalue weighted by atomic mass is 9.85. The van der Waals surface area contributed by atoms with Crippen LogP contribution in [0.3, 0.4) is 0 Å². The molecule has 1 fully saturated rings. The van der Waals surface area contributed by atoms with E-state index in [1.807, 2.05) is 30.3 Å². The van der Waals surface area contributed by atoms with Crippen molar-refractivity contribution in [1.29, 1.82) is 0 Å². The Labute approximate surface area is 119 Å². The van der Waals surface area contributed by atoms with Crippen LogP contribution in [0, 0.1) is 0 Å². The van der Waals surface area contributed by atoms with E-state index in [0.717, 1.165) is 37.2 Å². The Hall–Kier alpha value is -1.80. The first kappa shape index (κ1) is 12.0. The fraction of sp³-hybridized carbons (Fsp3) is 0.333. The number of hydrogen-bond donors (Lipinski definition) is 1. The Bertz CT molecular complexity index is 629. The largest absolute Gasteiger partial charge is 0.493 e. The van der Waals surface area contributed by atoms with Gasteiger partial charge in [-0.2, -0.15) is 0 Å². The molecule has 1 heterocycles. The molecule has 1 N–H and O–H groups in total. The van der Waals surface area contributed by atoms with Gasteiger partial charge in [0.25, 0.3) is 0 Å². The summed E-state index contributed by atoms with van der Waals surface area (Å²) < 4.78 is 5.75. The van der Waals surface area contributed by atoms with Gasteiger partial charge < -0.3 is 9.84 Å². The van der Waals surface area contributed by atoms with E-state index in [1.54, 1.807) is 0 Å². The van der Waals surface area contributed by atoms with E-state index >= 15 is 0 Å². The van der Waals surface area contributed by atoms with Crippen LogP contribution in [0.1, 0.15) is 35.6 Å². The molecule has 1 aliphatic heterocycles. The highest BCUT2D eigenvalue weighted by molar-refractivity contribution is 5.48. The lowest BCUT2D eigenvalue weighted by Crippen LogP contribution is -2.18. The molecule has 1 atom stereocenters. The third-order valence-electron chi connectivity index (χ3n) is 4.70. The number of fused-ring (bicyclic) bond motifs is 1. The van der Waals surface area contributed by atoms with Crippen molar-refractivity contribution in [1.82, 2.24) is 0 Å². The van der Waals surface area contributed by atoms with Gasteiger partial charge in [0.2, 0.25) is 0 Å². The second kappa shape index (κ2) is 4.35. The standard InChI is InChI=1S/C18H18O2/c19-17(15-8-4-5-13-9-12-20-16(13)15)18(10-11-18)14-6-2-1-3-7-14/h1-8,17,19H,9-12H2. The van der Waals surface area contributed by atoms with E-state index in [2.05, 4.69) is 18.2 Å². The molecule has 2 aliphatic rings. The maximum absolute atomic E-state index is 10.9. The lowest BCUT2D eigenvalue weighted by Gasteiger charge is -2.24. The van der Waals surface area contributed by atoms with Crippen molar-refractivity contribution in [2.45, 2.75) is 30.8 Å². The average molecular weight is 266 g/mol. The third-order valence-corrected chi connectivity index (χ3v) is 4.70. The molecule has 0 spiro atoms. The Morgan fingerprint density at radius 1 is 1.00 bits per heavy atom. The van der Waals surface area contributed by atoms with Crippen molar-refractivity contribution in [3.8, 4) is 5.75 Å². The Balaban J connectivity index is 1.75. The summed E-state index contributed by atoms with van der Waals surface area (Å²) in [4.78, 5) is 0. The van der Waals surface area contributed by atoms with Crippen LogP contribution in [-0.4, -0.2) is 11.7 Å². The highest BCUT2D eigenvalue weighted by Crippen LogP contribution is 2.58. The highest BCUT2D eigenvalue weighted by Gasteiger charge is 2.51. The van der Waals surface area contributed by atoms with Crippen LogP contribution in [0.2, 0.25) is 0 Å². The quantitative estimate of drug-likeness (QED) is 0.922. The normalized spacial score (nSPS) is 20.1. The van der Waals surface area contributed by atoms with Gasteiger partial charge >= 0.3 is 0 Å². The van der Waals surface area contributed by atoms with Crippen molar-refractivity contribution in [2.75, 3.05) is 6.61 Å². The van der Waals surface area contributed by atoms with Gasteiger partial charge in [-0.15, -0.1) is 0 Å². The smallest absolute Gasteiger partial charge is 0.128 e. The molecule has 0 bridgehead atoms. The Morgan fingerprint density at radius 3 is 2.55 bits per heavy atom. The van der Waals surface area contributed by atoms with Gasteiger partial charge in [0.1, 0.15) is 5.75 Å². The predicted molar refractivity (Wildman–Crippen MR) is 78.0 cm³/mol. The first-order chi connectivity index (χ1) is 9.81. The molecule has 1 unspecified atom stereocenters. The van der Waals surface area contributed by atoms with Crippen LogP contribution >= 0.6 is 0 Å². The Kier molecular flexibility index (Phi) is 2.61. The second-order valence-electron chi connectivity index (χ2n) is 5.86. The summed E-state index contributed by atoms with van der Waals surface area (Å²) in [7, 11) is 0. The number of para-hydroxylation sites is 1. The molecule has 1 saturated carbocycles. The summed E-state index contributed by atoms with van der Waals surface area (Å²) in [6, 6.07) is 16.5. The summed E-state index contributed by atoms with van der Waals surface area (Å²) in [6.07, 6.45) is 2.57. The zero-order valence-electron chi connectivity index (χ0n) is 11.4. The minimum atomic E-state index is -0.474. The monoisotopic (exact) mass is 266 g/mol. The van der Waals surface area contributed by atoms with Crippen LogP contribution in [0.4, 0.5) is 0 Å². The van der Waals surface area contributed by atoms with Crippen LogP contribution < -0.4 is 4.74 Å². The van der Waals surface area contributed by atoms with Gasteiger partial charge in [-0.1, -0.05) is 48.5 Å². The molecule has 0 aromatic heterocycles. The molecule has 1 aliphatic carbocycles. The van der Waals surface area contributed by atoms with Gasteiger partial charge in [0, 0.05) is 17.4 Å². The van der Waals surface area contributed by atoms with Crippen LogP contribution in [-0.2, 0) is 11.8 Å². The first-order valence-corrected chi connectivity index (χ1v) is 7.29. The minimum Gasteiger partial charge on any atom is -0.493 e. The minimum absolute atomic E-state index is 0.109. The SMILES string of the molecule is OC(c1cccc2c1OCC2)C1(c2ccccc2)CC1. The molecule has 2 nitrogen and oxygen atoms in total. The molecule has 0 amide bonds. The molecular weight excluding hydrogens is 248 g/mol. The fourth-order valence-corrected chi connectivity index (χ4v) is 3.38. The van der Waals surface area contributed by atoms with E-state index < -0.39 is 6.10 Å². The van der Waals surface area contributed by atoms with E-state index in [0.29, 0.717) is 0 Å². The summed E-state index contributed by atoms with van der Waals surface area (Å²) in [5.41, 5.74) is 3.32. The van der Waals surface area contributed by atoms with Crippen LogP contribution in [0.5, 0.6) is 5.75 Å².